The lowest BCUT2D eigenvalue weighted by atomic mass is 10.0. The van der Waals surface area contributed by atoms with Crippen LogP contribution in [0, 0.1) is 0 Å². The lowest BCUT2D eigenvalue weighted by molar-refractivity contribution is 0.458. The van der Waals surface area contributed by atoms with Crippen LogP contribution in [0.2, 0.25) is 0 Å². The second kappa shape index (κ2) is 4.18. The summed E-state index contributed by atoms with van der Waals surface area (Å²) in [5.41, 5.74) is 1.05. The van der Waals surface area contributed by atoms with Crippen molar-refractivity contribution in [3.8, 4) is 0 Å². The van der Waals surface area contributed by atoms with E-state index in [4.69, 9.17) is 0 Å². The molecule has 0 amide bonds. The van der Waals surface area contributed by atoms with E-state index in [1.54, 1.807) is 13.8 Å². The smallest absolute Gasteiger partial charge is 0.158 e. The molecule has 0 saturated carbocycles. The predicted molar refractivity (Wildman–Crippen MR) is 65.0 cm³/mol. The van der Waals surface area contributed by atoms with Crippen LogP contribution < -0.4 is 5.32 Å². The van der Waals surface area contributed by atoms with Crippen molar-refractivity contribution < 1.29 is 8.42 Å². The van der Waals surface area contributed by atoms with Gasteiger partial charge in [-0.1, -0.05) is 30.3 Å². The molecule has 3 unspecified atom stereocenters. The number of nitrogens with one attached hydrogen (secondary N) is 1. The molecule has 16 heavy (non-hydrogen) atoms. The zero-order chi connectivity index (χ0) is 11.8. The molecule has 3 nitrogen and oxygen atoms in total. The maximum atomic E-state index is 12.1. The van der Waals surface area contributed by atoms with Crippen molar-refractivity contribution >= 4 is 9.84 Å². The average molecular weight is 239 g/mol. The Labute approximate surface area is 96.8 Å². The van der Waals surface area contributed by atoms with Crippen LogP contribution in [0.25, 0.3) is 0 Å². The van der Waals surface area contributed by atoms with Crippen LogP contribution in [0.4, 0.5) is 0 Å². The molecule has 4 heteroatoms. The molecule has 3 atom stereocenters. The van der Waals surface area contributed by atoms with Crippen LogP contribution in [-0.4, -0.2) is 25.5 Å². The topological polar surface area (TPSA) is 46.2 Å². The number of hydrogen-bond donors (Lipinski definition) is 1. The van der Waals surface area contributed by atoms with Crippen LogP contribution in [0.15, 0.2) is 30.3 Å². The van der Waals surface area contributed by atoms with Gasteiger partial charge in [0, 0.05) is 12.6 Å². The molecule has 0 aromatic heterocycles. The largest absolute Gasteiger partial charge is 0.308 e. The Hall–Kier alpha value is -0.870. The Morgan fingerprint density at radius 1 is 1.19 bits per heavy atom. The van der Waals surface area contributed by atoms with Crippen molar-refractivity contribution in [1.82, 2.24) is 5.32 Å². The van der Waals surface area contributed by atoms with Gasteiger partial charge in [-0.05, 0) is 19.4 Å². The van der Waals surface area contributed by atoms with Gasteiger partial charge < -0.3 is 5.32 Å². The van der Waals surface area contributed by atoms with E-state index >= 15 is 0 Å². The minimum Gasteiger partial charge on any atom is -0.308 e. The SMILES string of the molecule is CC1CNC(c2ccccc2)C(C)S1(=O)=O. The van der Waals surface area contributed by atoms with E-state index in [1.807, 2.05) is 30.3 Å². The maximum Gasteiger partial charge on any atom is 0.158 e. The summed E-state index contributed by atoms with van der Waals surface area (Å²) in [5, 5.41) is 2.66. The molecular weight excluding hydrogens is 222 g/mol. The van der Waals surface area contributed by atoms with Crippen LogP contribution in [0.3, 0.4) is 0 Å². The molecule has 1 fully saturated rings. The van der Waals surface area contributed by atoms with Gasteiger partial charge in [-0.15, -0.1) is 0 Å². The summed E-state index contributed by atoms with van der Waals surface area (Å²) < 4.78 is 24.1. The highest BCUT2D eigenvalue weighted by Crippen LogP contribution is 2.28. The average Bonchev–Trinajstić information content (AvgIpc) is 2.28. The van der Waals surface area contributed by atoms with E-state index < -0.39 is 9.84 Å². The Balaban J connectivity index is 2.33. The van der Waals surface area contributed by atoms with Gasteiger partial charge in [0.2, 0.25) is 0 Å². The van der Waals surface area contributed by atoms with Gasteiger partial charge in [-0.2, -0.15) is 0 Å². The fourth-order valence-electron chi connectivity index (χ4n) is 2.18. The summed E-state index contributed by atoms with van der Waals surface area (Å²) in [6.45, 7) is 4.09. The fourth-order valence-corrected chi connectivity index (χ4v) is 3.87. The van der Waals surface area contributed by atoms with E-state index in [1.165, 1.54) is 0 Å². The summed E-state index contributed by atoms with van der Waals surface area (Å²) in [5.74, 6) is 0. The van der Waals surface area contributed by atoms with Crippen molar-refractivity contribution in [2.75, 3.05) is 6.54 Å². The van der Waals surface area contributed by atoms with Crippen molar-refractivity contribution in [2.24, 2.45) is 0 Å². The molecule has 1 heterocycles. The van der Waals surface area contributed by atoms with E-state index in [9.17, 15) is 8.42 Å². The number of sulfone groups is 1. The van der Waals surface area contributed by atoms with Gasteiger partial charge in [0.25, 0.3) is 0 Å². The van der Waals surface area contributed by atoms with Crippen LogP contribution in [0.1, 0.15) is 25.5 Å². The van der Waals surface area contributed by atoms with Gasteiger partial charge in [-0.25, -0.2) is 8.42 Å². The van der Waals surface area contributed by atoms with Crippen molar-refractivity contribution in [3.05, 3.63) is 35.9 Å². The Morgan fingerprint density at radius 3 is 2.44 bits per heavy atom. The second-order valence-electron chi connectivity index (χ2n) is 4.40. The third-order valence-corrected chi connectivity index (χ3v) is 5.93. The monoisotopic (exact) mass is 239 g/mol. The lowest BCUT2D eigenvalue weighted by Gasteiger charge is -2.34. The summed E-state index contributed by atoms with van der Waals surface area (Å²) in [4.78, 5) is 0. The van der Waals surface area contributed by atoms with Crippen molar-refractivity contribution in [2.45, 2.75) is 30.4 Å². The molecule has 2 rings (SSSR count). The zero-order valence-electron chi connectivity index (χ0n) is 9.55. The highest BCUT2D eigenvalue weighted by Gasteiger charge is 2.38. The summed E-state index contributed by atoms with van der Waals surface area (Å²) in [7, 11) is -3.00. The maximum absolute atomic E-state index is 12.1. The molecule has 1 aromatic rings. The molecule has 1 N–H and O–H groups in total. The van der Waals surface area contributed by atoms with Gasteiger partial charge in [0.05, 0.1) is 10.5 Å². The number of rotatable bonds is 1. The Morgan fingerprint density at radius 2 is 1.81 bits per heavy atom. The van der Waals surface area contributed by atoms with Gasteiger partial charge in [-0.3, -0.25) is 0 Å². The molecule has 1 saturated heterocycles. The van der Waals surface area contributed by atoms with E-state index in [0.717, 1.165) is 5.56 Å². The second-order valence-corrected chi connectivity index (χ2v) is 7.13. The highest BCUT2D eigenvalue weighted by molar-refractivity contribution is 7.92. The first kappa shape index (κ1) is 11.6. The van der Waals surface area contributed by atoms with Crippen molar-refractivity contribution in [3.63, 3.8) is 0 Å². The third kappa shape index (κ3) is 1.87. The molecule has 0 radical (unpaired) electrons. The summed E-state index contributed by atoms with van der Waals surface area (Å²) >= 11 is 0. The molecule has 88 valence electrons. The minimum atomic E-state index is -3.00. The predicted octanol–water partition coefficient (Wildman–Crippen LogP) is 1.52. The Kier molecular flexibility index (Phi) is 3.04. The van der Waals surface area contributed by atoms with Gasteiger partial charge in [0.1, 0.15) is 0 Å². The fraction of sp³-hybridized carbons (Fsp3) is 0.500. The molecule has 1 aliphatic heterocycles. The zero-order valence-corrected chi connectivity index (χ0v) is 10.4. The summed E-state index contributed by atoms with van der Waals surface area (Å²) in [6.07, 6.45) is 0. The van der Waals surface area contributed by atoms with Gasteiger partial charge >= 0.3 is 0 Å². The minimum absolute atomic E-state index is 0.0811. The quantitative estimate of drug-likeness (QED) is 0.808. The third-order valence-electron chi connectivity index (χ3n) is 3.33. The van der Waals surface area contributed by atoms with E-state index in [2.05, 4.69) is 5.32 Å². The molecule has 1 aromatic carbocycles. The first-order valence-electron chi connectivity index (χ1n) is 5.54. The van der Waals surface area contributed by atoms with Crippen molar-refractivity contribution in [1.29, 1.82) is 0 Å². The molecule has 0 spiro atoms. The van der Waals surface area contributed by atoms with Gasteiger partial charge in [0.15, 0.2) is 9.84 Å². The van der Waals surface area contributed by atoms with Crippen LogP contribution in [-0.2, 0) is 9.84 Å². The first-order valence-corrected chi connectivity index (χ1v) is 7.15. The molecular formula is C12H17NO2S. The molecule has 1 aliphatic rings. The van der Waals surface area contributed by atoms with Crippen LogP contribution in [0.5, 0.6) is 0 Å². The first-order chi connectivity index (χ1) is 7.53. The Bertz CT molecular complexity index is 455. The highest BCUT2D eigenvalue weighted by atomic mass is 32.2. The standard InChI is InChI=1S/C12H17NO2S/c1-9-8-13-12(10(2)16(9,14)15)11-6-4-3-5-7-11/h3-7,9-10,12-13H,8H2,1-2H3. The number of benzene rings is 1. The normalized spacial score (nSPS) is 33.5. The van der Waals surface area contributed by atoms with E-state index in [-0.39, 0.29) is 16.5 Å². The van der Waals surface area contributed by atoms with Crippen LogP contribution >= 0.6 is 0 Å². The van der Waals surface area contributed by atoms with E-state index in [0.29, 0.717) is 6.54 Å². The summed E-state index contributed by atoms with van der Waals surface area (Å²) in [6, 6.07) is 9.68. The molecule has 0 aliphatic carbocycles. The number of hydrogen-bond acceptors (Lipinski definition) is 3. The molecule has 0 bridgehead atoms. The lowest BCUT2D eigenvalue weighted by Crippen LogP contribution is -2.49.